The Balaban J connectivity index is 1.25. The lowest BCUT2D eigenvalue weighted by atomic mass is 9.98. The average molecular weight is 374 g/mol. The lowest BCUT2D eigenvalue weighted by Gasteiger charge is -2.41. The summed E-state index contributed by atoms with van der Waals surface area (Å²) in [5, 5.41) is 9.94. The third-order valence-electron chi connectivity index (χ3n) is 6.41. The molecule has 5 nitrogen and oxygen atoms in total. The van der Waals surface area contributed by atoms with Gasteiger partial charge in [-0.2, -0.15) is 0 Å². The van der Waals surface area contributed by atoms with Gasteiger partial charge >= 0.3 is 0 Å². The van der Waals surface area contributed by atoms with Crippen LogP contribution in [0.1, 0.15) is 36.8 Å². The maximum atomic E-state index is 9.94. The molecule has 0 spiro atoms. The molecule has 1 N–H and O–H groups in total. The van der Waals surface area contributed by atoms with Gasteiger partial charge in [-0.1, -0.05) is 24.3 Å². The molecule has 3 aliphatic rings. The number of β-amino-alcohol motifs (C(OH)–C–C–N with tert-alkyl or cyclic N) is 1. The first kappa shape index (κ1) is 19.3. The molecule has 0 aromatic heterocycles. The molecule has 150 valence electrons. The van der Waals surface area contributed by atoms with Gasteiger partial charge in [0.05, 0.1) is 19.3 Å². The molecule has 1 atom stereocenters. The van der Waals surface area contributed by atoms with Crippen molar-refractivity contribution in [3.05, 3.63) is 35.4 Å². The van der Waals surface area contributed by atoms with Gasteiger partial charge in [-0.25, -0.2) is 0 Å². The van der Waals surface area contributed by atoms with Gasteiger partial charge in [-0.3, -0.25) is 14.7 Å². The highest BCUT2D eigenvalue weighted by molar-refractivity contribution is 5.23. The largest absolute Gasteiger partial charge is 0.392 e. The number of likely N-dealkylation sites (tertiary alicyclic amines) is 2. The zero-order chi connectivity index (χ0) is 18.5. The number of hydrogen-bond acceptors (Lipinski definition) is 5. The third kappa shape index (κ3) is 5.52. The van der Waals surface area contributed by atoms with E-state index < -0.39 is 0 Å². The van der Waals surface area contributed by atoms with E-state index in [0.29, 0.717) is 6.04 Å². The van der Waals surface area contributed by atoms with Crippen LogP contribution in [0.15, 0.2) is 24.3 Å². The number of aliphatic hydroxyl groups is 1. The Kier molecular flexibility index (Phi) is 6.79. The Bertz CT molecular complexity index is 583. The van der Waals surface area contributed by atoms with E-state index in [-0.39, 0.29) is 6.10 Å². The smallest absolute Gasteiger partial charge is 0.0667 e. The zero-order valence-electron chi connectivity index (χ0n) is 16.6. The summed E-state index contributed by atoms with van der Waals surface area (Å²) in [7, 11) is 0. The lowest BCUT2D eigenvalue weighted by molar-refractivity contribution is 0.0243. The van der Waals surface area contributed by atoms with E-state index in [9.17, 15) is 5.11 Å². The monoisotopic (exact) mass is 373 g/mol. The second kappa shape index (κ2) is 9.48. The molecule has 0 saturated carbocycles. The van der Waals surface area contributed by atoms with Gasteiger partial charge in [-0.05, 0) is 56.4 Å². The van der Waals surface area contributed by atoms with E-state index >= 15 is 0 Å². The van der Waals surface area contributed by atoms with E-state index in [1.807, 2.05) is 0 Å². The van der Waals surface area contributed by atoms with E-state index in [1.54, 1.807) is 0 Å². The van der Waals surface area contributed by atoms with Crippen molar-refractivity contribution in [3.8, 4) is 0 Å². The van der Waals surface area contributed by atoms with Crippen molar-refractivity contribution in [3.63, 3.8) is 0 Å². The molecule has 0 radical (unpaired) electrons. The molecule has 1 aromatic rings. The minimum absolute atomic E-state index is 0.106. The molecular weight excluding hydrogens is 338 g/mol. The lowest BCUT2D eigenvalue weighted by Crippen LogP contribution is -2.49. The fourth-order valence-corrected chi connectivity index (χ4v) is 4.86. The Hall–Kier alpha value is -0.980. The molecule has 1 aromatic carbocycles. The number of piperidine rings is 2. The summed E-state index contributed by atoms with van der Waals surface area (Å²) in [4.78, 5) is 7.63. The quantitative estimate of drug-likeness (QED) is 0.854. The fraction of sp³-hybridized carbons (Fsp3) is 0.727. The molecule has 5 heteroatoms. The van der Waals surface area contributed by atoms with Crippen LogP contribution in [0.3, 0.4) is 0 Å². The Morgan fingerprint density at radius 1 is 0.889 bits per heavy atom. The summed E-state index contributed by atoms with van der Waals surface area (Å²) in [6.45, 7) is 10.3. The van der Waals surface area contributed by atoms with E-state index in [4.69, 9.17) is 4.74 Å². The number of hydrogen-bond donors (Lipinski definition) is 1. The second-order valence-electron chi connectivity index (χ2n) is 8.51. The normalized spacial score (nSPS) is 27.1. The summed E-state index contributed by atoms with van der Waals surface area (Å²) in [5.41, 5.74) is 2.86. The van der Waals surface area contributed by atoms with Crippen molar-refractivity contribution < 1.29 is 9.84 Å². The zero-order valence-corrected chi connectivity index (χ0v) is 16.6. The van der Waals surface area contributed by atoms with Gasteiger partial charge in [-0.15, -0.1) is 0 Å². The van der Waals surface area contributed by atoms with Crippen LogP contribution in [-0.2, 0) is 17.8 Å². The van der Waals surface area contributed by atoms with Gasteiger partial charge < -0.3 is 9.84 Å². The van der Waals surface area contributed by atoms with Crippen molar-refractivity contribution in [1.82, 2.24) is 14.7 Å². The number of nitrogens with zero attached hydrogens (tertiary/aromatic N) is 3. The maximum Gasteiger partial charge on any atom is 0.0667 e. The van der Waals surface area contributed by atoms with E-state index in [1.165, 1.54) is 43.6 Å². The van der Waals surface area contributed by atoms with Crippen molar-refractivity contribution in [2.45, 2.75) is 50.9 Å². The first-order valence-corrected chi connectivity index (χ1v) is 10.8. The van der Waals surface area contributed by atoms with Gasteiger partial charge in [0.15, 0.2) is 0 Å². The number of benzene rings is 1. The predicted octanol–water partition coefficient (Wildman–Crippen LogP) is 1.94. The standard InChI is InChI=1S/C22H35N3O2/c26-22-5-2-8-25(18-22)21-6-9-23(10-7-21)16-19-3-1-4-20(15-19)17-24-11-13-27-14-12-24/h1,3-4,15,21-22,26H,2,5-14,16-18H2. The third-order valence-corrected chi connectivity index (χ3v) is 6.41. The van der Waals surface area contributed by atoms with Crippen molar-refractivity contribution in [2.24, 2.45) is 0 Å². The average Bonchev–Trinajstić information content (AvgIpc) is 2.70. The Morgan fingerprint density at radius 3 is 2.22 bits per heavy atom. The Labute approximate surface area is 163 Å². The first-order chi connectivity index (χ1) is 13.3. The molecule has 3 heterocycles. The highest BCUT2D eigenvalue weighted by atomic mass is 16.5. The van der Waals surface area contributed by atoms with E-state index in [0.717, 1.165) is 58.8 Å². The van der Waals surface area contributed by atoms with Gasteiger partial charge in [0, 0.05) is 38.8 Å². The fourth-order valence-electron chi connectivity index (χ4n) is 4.86. The number of morpholine rings is 1. The molecule has 3 aliphatic heterocycles. The predicted molar refractivity (Wildman–Crippen MR) is 108 cm³/mol. The summed E-state index contributed by atoms with van der Waals surface area (Å²) >= 11 is 0. The first-order valence-electron chi connectivity index (χ1n) is 10.8. The summed E-state index contributed by atoms with van der Waals surface area (Å²) in [5.74, 6) is 0. The van der Waals surface area contributed by atoms with Crippen molar-refractivity contribution in [2.75, 3.05) is 52.5 Å². The van der Waals surface area contributed by atoms with Crippen LogP contribution in [0.4, 0.5) is 0 Å². The minimum Gasteiger partial charge on any atom is -0.392 e. The Morgan fingerprint density at radius 2 is 1.56 bits per heavy atom. The van der Waals surface area contributed by atoms with Crippen LogP contribution < -0.4 is 0 Å². The second-order valence-corrected chi connectivity index (χ2v) is 8.51. The SMILES string of the molecule is OC1CCCN(C2CCN(Cc3cccc(CN4CCOCC4)c3)CC2)C1. The molecule has 0 amide bonds. The van der Waals surface area contributed by atoms with Crippen LogP contribution in [0, 0.1) is 0 Å². The van der Waals surface area contributed by atoms with Crippen LogP contribution in [0.25, 0.3) is 0 Å². The number of rotatable bonds is 5. The summed E-state index contributed by atoms with van der Waals surface area (Å²) < 4.78 is 5.45. The van der Waals surface area contributed by atoms with Crippen LogP contribution in [-0.4, -0.2) is 84.4 Å². The molecule has 1 unspecified atom stereocenters. The molecule has 4 rings (SSSR count). The summed E-state index contributed by atoms with van der Waals surface area (Å²) in [6, 6.07) is 9.81. The maximum absolute atomic E-state index is 9.94. The summed E-state index contributed by atoms with van der Waals surface area (Å²) in [6.07, 6.45) is 4.50. The van der Waals surface area contributed by atoms with Gasteiger partial charge in [0.25, 0.3) is 0 Å². The minimum atomic E-state index is -0.106. The molecule has 3 saturated heterocycles. The van der Waals surface area contributed by atoms with Crippen LogP contribution >= 0.6 is 0 Å². The topological polar surface area (TPSA) is 39.2 Å². The highest BCUT2D eigenvalue weighted by Crippen LogP contribution is 2.22. The van der Waals surface area contributed by atoms with Crippen LogP contribution in [0.2, 0.25) is 0 Å². The molecular formula is C22H35N3O2. The molecule has 0 aliphatic carbocycles. The molecule has 3 fully saturated rings. The highest BCUT2D eigenvalue weighted by Gasteiger charge is 2.28. The van der Waals surface area contributed by atoms with E-state index in [2.05, 4.69) is 39.0 Å². The van der Waals surface area contributed by atoms with Gasteiger partial charge in [0.2, 0.25) is 0 Å². The number of aliphatic hydroxyl groups excluding tert-OH is 1. The molecule has 27 heavy (non-hydrogen) atoms. The van der Waals surface area contributed by atoms with Gasteiger partial charge in [0.1, 0.15) is 0 Å². The molecule has 0 bridgehead atoms. The van der Waals surface area contributed by atoms with Crippen molar-refractivity contribution in [1.29, 1.82) is 0 Å². The van der Waals surface area contributed by atoms with Crippen molar-refractivity contribution >= 4 is 0 Å². The van der Waals surface area contributed by atoms with Crippen LogP contribution in [0.5, 0.6) is 0 Å². The number of ether oxygens (including phenoxy) is 1.